The van der Waals surface area contributed by atoms with Crippen molar-refractivity contribution in [2.24, 2.45) is 5.92 Å². The van der Waals surface area contributed by atoms with Gasteiger partial charge in [0, 0.05) is 18.8 Å². The first-order valence-electron chi connectivity index (χ1n) is 7.99. The van der Waals surface area contributed by atoms with E-state index in [2.05, 4.69) is 45.0 Å². The molecular weight excluding hydrogens is 246 g/mol. The third kappa shape index (κ3) is 3.12. The van der Waals surface area contributed by atoms with Crippen molar-refractivity contribution in [3.05, 3.63) is 29.8 Å². The Labute approximate surface area is 123 Å². The third-order valence-electron chi connectivity index (χ3n) is 4.60. The average molecular weight is 274 g/mol. The van der Waals surface area contributed by atoms with Gasteiger partial charge in [0.05, 0.1) is 6.54 Å². The quantitative estimate of drug-likeness (QED) is 0.573. The summed E-state index contributed by atoms with van der Waals surface area (Å²) in [6.45, 7) is 7.45. The molecule has 1 unspecified atom stereocenters. The molecular formula is C18H28NO+. The van der Waals surface area contributed by atoms with Crippen LogP contribution in [0.15, 0.2) is 24.3 Å². The Bertz CT molecular complexity index is 431. The number of carbonyl (C=O) groups is 1. The second kappa shape index (κ2) is 6.53. The van der Waals surface area contributed by atoms with E-state index < -0.39 is 0 Å². The Hall–Kier alpha value is -1.15. The van der Waals surface area contributed by atoms with E-state index in [1.807, 2.05) is 0 Å². The number of nitrogens with zero attached hydrogens (tertiary/aromatic N) is 1. The second-order valence-corrected chi connectivity index (χ2v) is 6.74. The smallest absolute Gasteiger partial charge is 0.233 e. The van der Waals surface area contributed by atoms with E-state index in [1.165, 1.54) is 49.8 Å². The van der Waals surface area contributed by atoms with Crippen molar-refractivity contribution in [1.29, 1.82) is 0 Å². The standard InChI is InChI=1S/C18H28NO/c1-15(2)13-19(14-20,17-7-5-4-6-8-17)18-11-9-16(3)10-12-18/h9-12,14-15,17H,4-8,13H2,1-3H3/q+1. The van der Waals surface area contributed by atoms with E-state index in [0.717, 1.165) is 6.54 Å². The number of amides is 1. The maximum atomic E-state index is 12.1. The molecule has 1 aliphatic rings. The van der Waals surface area contributed by atoms with Crippen LogP contribution in [0.2, 0.25) is 0 Å². The van der Waals surface area contributed by atoms with Crippen molar-refractivity contribution in [2.45, 2.75) is 58.9 Å². The number of benzene rings is 1. The van der Waals surface area contributed by atoms with Gasteiger partial charge in [-0.25, -0.2) is 9.28 Å². The largest absolute Gasteiger partial charge is 0.306 e. The number of carbonyl (C=O) groups excluding carboxylic acids is 1. The molecule has 110 valence electrons. The maximum absolute atomic E-state index is 12.1. The number of quaternary nitrogens is 1. The summed E-state index contributed by atoms with van der Waals surface area (Å²) < 4.78 is 0.526. The molecule has 0 bridgehead atoms. The fourth-order valence-corrected chi connectivity index (χ4v) is 3.62. The molecule has 2 nitrogen and oxygen atoms in total. The SMILES string of the molecule is Cc1ccc([N+](C=O)(CC(C)C)C2CCCCC2)cc1. The van der Waals surface area contributed by atoms with Gasteiger partial charge >= 0.3 is 6.41 Å². The summed E-state index contributed by atoms with van der Waals surface area (Å²) in [5, 5.41) is 0. The Morgan fingerprint density at radius 2 is 1.75 bits per heavy atom. The molecule has 1 amide bonds. The highest BCUT2D eigenvalue weighted by molar-refractivity contribution is 5.70. The fraction of sp³-hybridized carbons (Fsp3) is 0.611. The topological polar surface area (TPSA) is 17.1 Å². The molecule has 1 aromatic carbocycles. The minimum atomic E-state index is 0.464. The molecule has 0 saturated heterocycles. The van der Waals surface area contributed by atoms with Crippen LogP contribution < -0.4 is 4.48 Å². The lowest BCUT2D eigenvalue weighted by atomic mass is 9.91. The first-order chi connectivity index (χ1) is 9.58. The average Bonchev–Trinajstić information content (AvgIpc) is 2.46. The van der Waals surface area contributed by atoms with E-state index in [9.17, 15) is 4.79 Å². The lowest BCUT2D eigenvalue weighted by Gasteiger charge is -2.41. The maximum Gasteiger partial charge on any atom is 0.306 e. The van der Waals surface area contributed by atoms with E-state index in [4.69, 9.17) is 0 Å². The van der Waals surface area contributed by atoms with Crippen molar-refractivity contribution in [3.8, 4) is 0 Å². The van der Waals surface area contributed by atoms with Gasteiger partial charge in [-0.05, 0) is 31.9 Å². The first-order valence-corrected chi connectivity index (χ1v) is 7.99. The van der Waals surface area contributed by atoms with Gasteiger partial charge in [0.25, 0.3) is 0 Å². The molecule has 1 aromatic rings. The molecule has 2 rings (SSSR count). The second-order valence-electron chi connectivity index (χ2n) is 6.74. The van der Waals surface area contributed by atoms with Gasteiger partial charge < -0.3 is 0 Å². The van der Waals surface area contributed by atoms with E-state index in [0.29, 0.717) is 16.4 Å². The van der Waals surface area contributed by atoms with Gasteiger partial charge in [-0.3, -0.25) is 0 Å². The predicted molar refractivity (Wildman–Crippen MR) is 85.6 cm³/mol. The van der Waals surface area contributed by atoms with Crippen molar-refractivity contribution in [2.75, 3.05) is 6.54 Å². The summed E-state index contributed by atoms with van der Waals surface area (Å²) >= 11 is 0. The van der Waals surface area contributed by atoms with Crippen molar-refractivity contribution in [1.82, 2.24) is 4.48 Å². The molecule has 1 atom stereocenters. The highest BCUT2D eigenvalue weighted by Crippen LogP contribution is 2.34. The predicted octanol–water partition coefficient (Wildman–Crippen LogP) is 4.45. The van der Waals surface area contributed by atoms with E-state index in [-0.39, 0.29) is 0 Å². The van der Waals surface area contributed by atoms with E-state index in [1.54, 1.807) is 0 Å². The van der Waals surface area contributed by atoms with Crippen LogP contribution >= 0.6 is 0 Å². The summed E-state index contributed by atoms with van der Waals surface area (Å²) in [4.78, 5) is 12.1. The lowest BCUT2D eigenvalue weighted by molar-refractivity contribution is -0.120. The van der Waals surface area contributed by atoms with Crippen molar-refractivity contribution in [3.63, 3.8) is 0 Å². The molecule has 0 aliphatic heterocycles. The molecule has 0 heterocycles. The Kier molecular flexibility index (Phi) is 4.98. The number of rotatable bonds is 5. The molecule has 0 radical (unpaired) electrons. The zero-order chi connectivity index (χ0) is 14.6. The highest BCUT2D eigenvalue weighted by atomic mass is 16.1. The Morgan fingerprint density at radius 3 is 2.25 bits per heavy atom. The van der Waals surface area contributed by atoms with Gasteiger partial charge in [-0.2, -0.15) is 0 Å². The molecule has 20 heavy (non-hydrogen) atoms. The molecule has 1 aliphatic carbocycles. The van der Waals surface area contributed by atoms with Gasteiger partial charge in [0.1, 0.15) is 11.7 Å². The van der Waals surface area contributed by atoms with E-state index >= 15 is 0 Å². The zero-order valence-electron chi connectivity index (χ0n) is 13.1. The molecule has 0 spiro atoms. The summed E-state index contributed by atoms with van der Waals surface area (Å²) in [5.74, 6) is 0.517. The van der Waals surface area contributed by atoms with Crippen LogP contribution in [0.1, 0.15) is 51.5 Å². The van der Waals surface area contributed by atoms with Crippen LogP contribution in [0.4, 0.5) is 5.69 Å². The molecule has 0 aromatic heterocycles. The lowest BCUT2D eigenvalue weighted by Crippen LogP contribution is -2.58. The summed E-state index contributed by atoms with van der Waals surface area (Å²) in [6, 6.07) is 9.04. The molecule has 0 N–H and O–H groups in total. The molecule has 1 saturated carbocycles. The number of hydrogen-bond acceptors (Lipinski definition) is 1. The highest BCUT2D eigenvalue weighted by Gasteiger charge is 2.40. The van der Waals surface area contributed by atoms with Crippen LogP contribution in [0.5, 0.6) is 0 Å². The van der Waals surface area contributed by atoms with Crippen LogP contribution in [0.25, 0.3) is 0 Å². The Morgan fingerprint density at radius 1 is 1.15 bits per heavy atom. The Balaban J connectivity index is 2.40. The van der Waals surface area contributed by atoms with Crippen molar-refractivity contribution < 1.29 is 4.79 Å². The van der Waals surface area contributed by atoms with Crippen LogP contribution in [-0.2, 0) is 4.79 Å². The van der Waals surface area contributed by atoms with Gasteiger partial charge in [-0.15, -0.1) is 0 Å². The fourth-order valence-electron chi connectivity index (χ4n) is 3.62. The van der Waals surface area contributed by atoms with Crippen molar-refractivity contribution >= 4 is 12.1 Å². The van der Waals surface area contributed by atoms with Gasteiger partial charge in [-0.1, -0.05) is 38.0 Å². The minimum absolute atomic E-state index is 0.464. The normalized spacial score (nSPS) is 19.8. The summed E-state index contributed by atoms with van der Waals surface area (Å²) in [7, 11) is 0. The molecule has 2 heteroatoms. The van der Waals surface area contributed by atoms with Crippen LogP contribution in [-0.4, -0.2) is 19.0 Å². The zero-order valence-corrected chi connectivity index (χ0v) is 13.1. The first kappa shape index (κ1) is 15.2. The van der Waals surface area contributed by atoms with Gasteiger partial charge in [0.2, 0.25) is 0 Å². The summed E-state index contributed by atoms with van der Waals surface area (Å²) in [5.41, 5.74) is 2.43. The monoisotopic (exact) mass is 274 g/mol. The van der Waals surface area contributed by atoms with Gasteiger partial charge in [0.15, 0.2) is 0 Å². The van der Waals surface area contributed by atoms with Crippen LogP contribution in [0, 0.1) is 12.8 Å². The van der Waals surface area contributed by atoms with Crippen LogP contribution in [0.3, 0.4) is 0 Å². The third-order valence-corrected chi connectivity index (χ3v) is 4.60. The summed E-state index contributed by atoms with van der Waals surface area (Å²) in [6.07, 6.45) is 7.43. The number of aryl methyl sites for hydroxylation is 1. The minimum Gasteiger partial charge on any atom is -0.233 e. The molecule has 1 fully saturated rings. The number of hydrogen-bond donors (Lipinski definition) is 0.